The maximum atomic E-state index is 12.0. The van der Waals surface area contributed by atoms with Crippen LogP contribution in [-0.2, 0) is 52.5 Å². The van der Waals surface area contributed by atoms with Gasteiger partial charge in [0.1, 0.15) is 18.8 Å². The Morgan fingerprint density at radius 2 is 1.55 bits per heavy atom. The lowest BCUT2D eigenvalue weighted by atomic mass is 9.84. The first-order valence-corrected chi connectivity index (χ1v) is 9.99. The molecule has 0 aliphatic carbocycles. The monoisotopic (exact) mass is 475 g/mol. The minimum Gasteiger partial charge on any atom is -0.479 e. The molecule has 1 fully saturated rings. The Morgan fingerprint density at radius 1 is 0.970 bits per heavy atom. The minimum absolute atomic E-state index is 0.349. The van der Waals surface area contributed by atoms with E-state index >= 15 is 0 Å². The fraction of sp³-hybridized carbons (Fsp3) is 0.700. The number of carboxylic acid groups (broad SMARTS) is 1. The zero-order chi connectivity index (χ0) is 25.5. The van der Waals surface area contributed by atoms with E-state index in [1.54, 1.807) is 0 Å². The lowest BCUT2D eigenvalue weighted by molar-refractivity contribution is -0.237. The number of amides is 1. The van der Waals surface area contributed by atoms with Gasteiger partial charge in [0.15, 0.2) is 17.8 Å². The third kappa shape index (κ3) is 8.33. The first-order chi connectivity index (χ1) is 15.2. The lowest BCUT2D eigenvalue weighted by Gasteiger charge is -2.47. The number of hydrogen-bond donors (Lipinski definition) is 2. The Bertz CT molecular complexity index is 796. The van der Waals surface area contributed by atoms with Crippen molar-refractivity contribution < 1.29 is 57.6 Å². The van der Waals surface area contributed by atoms with Gasteiger partial charge < -0.3 is 34.1 Å². The van der Waals surface area contributed by atoms with Gasteiger partial charge in [-0.3, -0.25) is 24.0 Å². The molecule has 33 heavy (non-hydrogen) atoms. The quantitative estimate of drug-likeness (QED) is 0.322. The summed E-state index contributed by atoms with van der Waals surface area (Å²) in [6.45, 7) is 6.10. The summed E-state index contributed by atoms with van der Waals surface area (Å²) in [5, 5.41) is 12.3. The largest absolute Gasteiger partial charge is 0.479 e. The Hall–Kier alpha value is -3.22. The summed E-state index contributed by atoms with van der Waals surface area (Å²) in [4.78, 5) is 70.5. The zero-order valence-corrected chi connectivity index (χ0v) is 19.2. The summed E-state index contributed by atoms with van der Waals surface area (Å²) in [5.74, 6) is -5.19. The first-order valence-electron chi connectivity index (χ1n) is 9.99. The second kappa shape index (κ2) is 11.6. The van der Waals surface area contributed by atoms with Crippen LogP contribution in [0.1, 0.15) is 48.0 Å². The highest BCUT2D eigenvalue weighted by Crippen LogP contribution is 2.35. The van der Waals surface area contributed by atoms with Gasteiger partial charge in [-0.2, -0.15) is 0 Å². The summed E-state index contributed by atoms with van der Waals surface area (Å²) >= 11 is 0. The van der Waals surface area contributed by atoms with Gasteiger partial charge in [-0.1, -0.05) is 0 Å². The van der Waals surface area contributed by atoms with Crippen molar-refractivity contribution in [1.82, 2.24) is 5.32 Å². The van der Waals surface area contributed by atoms with E-state index < -0.39 is 78.4 Å². The van der Waals surface area contributed by atoms with Gasteiger partial charge in [0.25, 0.3) is 0 Å². The molecule has 0 bridgehead atoms. The van der Waals surface area contributed by atoms with Gasteiger partial charge in [0, 0.05) is 41.0 Å². The topological polar surface area (TPSA) is 181 Å². The van der Waals surface area contributed by atoms with Crippen LogP contribution < -0.4 is 5.32 Å². The fourth-order valence-corrected chi connectivity index (χ4v) is 3.45. The molecule has 4 unspecified atom stereocenters. The molecule has 0 aromatic rings. The molecule has 0 aromatic heterocycles. The Labute approximate surface area is 190 Å². The van der Waals surface area contributed by atoms with E-state index in [0.29, 0.717) is 0 Å². The highest BCUT2D eigenvalue weighted by molar-refractivity contribution is 5.78. The van der Waals surface area contributed by atoms with Crippen molar-refractivity contribution in [2.75, 3.05) is 6.61 Å². The molecule has 1 rings (SSSR count). The number of rotatable bonds is 9. The number of esters is 4. The van der Waals surface area contributed by atoms with Crippen LogP contribution >= 0.6 is 0 Å². The smallest absolute Gasteiger partial charge is 0.335 e. The van der Waals surface area contributed by atoms with Crippen molar-refractivity contribution in [3.63, 3.8) is 0 Å². The van der Waals surface area contributed by atoms with Crippen LogP contribution in [0.4, 0.5) is 0 Å². The summed E-state index contributed by atoms with van der Waals surface area (Å²) in [6.07, 6.45) is -6.04. The molecule has 13 nitrogen and oxygen atoms in total. The zero-order valence-electron chi connectivity index (χ0n) is 19.2. The number of carbonyl (C=O) groups is 6. The van der Waals surface area contributed by atoms with Gasteiger partial charge in [-0.15, -0.1) is 0 Å². The van der Waals surface area contributed by atoms with Crippen LogP contribution in [-0.4, -0.2) is 83.5 Å². The molecule has 1 aliphatic heterocycles. The summed E-state index contributed by atoms with van der Waals surface area (Å²) in [7, 11) is 0. The standard InChI is InChI=1S/C20H29NO12/c1-9(22)21-16-14(30-11(3)24)7-20(6,19(27)28)33-18(16)17(32-13(5)26)15(31-12(4)25)8-29-10(2)23/h14-18H,7-8H2,1-6H3,(H,21,22)(H,27,28)/t14?,15-,16?,17-,18?,20?/m1/s1. The average molecular weight is 475 g/mol. The van der Waals surface area contributed by atoms with E-state index in [4.69, 9.17) is 23.7 Å². The number of carboxylic acids is 1. The molecule has 0 saturated carbocycles. The summed E-state index contributed by atoms with van der Waals surface area (Å²) in [6, 6.07) is -1.21. The van der Waals surface area contributed by atoms with Crippen molar-refractivity contribution in [3.8, 4) is 0 Å². The molecule has 186 valence electrons. The summed E-state index contributed by atoms with van der Waals surface area (Å²) in [5.41, 5.74) is -1.94. The van der Waals surface area contributed by atoms with Crippen molar-refractivity contribution in [3.05, 3.63) is 0 Å². The van der Waals surface area contributed by atoms with Crippen molar-refractivity contribution in [2.24, 2.45) is 0 Å². The third-order valence-corrected chi connectivity index (χ3v) is 4.64. The maximum Gasteiger partial charge on any atom is 0.335 e. The molecule has 0 aromatic carbocycles. The van der Waals surface area contributed by atoms with Gasteiger partial charge >= 0.3 is 29.8 Å². The highest BCUT2D eigenvalue weighted by atomic mass is 16.6. The number of aliphatic carboxylic acids is 1. The normalized spacial score (nSPS) is 26.2. The van der Waals surface area contributed by atoms with E-state index in [9.17, 15) is 33.9 Å². The van der Waals surface area contributed by atoms with Crippen LogP contribution in [0.25, 0.3) is 0 Å². The first kappa shape index (κ1) is 27.8. The molecule has 1 aliphatic rings. The molecular weight excluding hydrogens is 446 g/mol. The third-order valence-electron chi connectivity index (χ3n) is 4.64. The Morgan fingerprint density at radius 3 is 1.97 bits per heavy atom. The second-order valence-corrected chi connectivity index (χ2v) is 7.72. The number of hydrogen-bond acceptors (Lipinski definition) is 11. The van der Waals surface area contributed by atoms with E-state index in [-0.39, 0.29) is 6.42 Å². The highest BCUT2D eigenvalue weighted by Gasteiger charge is 2.55. The van der Waals surface area contributed by atoms with Gasteiger partial charge in [0.2, 0.25) is 5.91 Å². The SMILES string of the molecule is CC(=O)NC1C(OC(C)=O)CC(C)(C(=O)O)OC1[C@H](OC(C)=O)[C@@H](COC(C)=O)OC(C)=O. The number of nitrogens with one attached hydrogen (secondary N) is 1. The van der Waals surface area contributed by atoms with Crippen LogP contribution in [0.3, 0.4) is 0 Å². The van der Waals surface area contributed by atoms with E-state index in [0.717, 1.165) is 34.6 Å². The van der Waals surface area contributed by atoms with E-state index in [1.807, 2.05) is 0 Å². The maximum absolute atomic E-state index is 12.0. The predicted octanol–water partition coefficient (Wildman–Crippen LogP) is -0.518. The van der Waals surface area contributed by atoms with Crippen molar-refractivity contribution in [2.45, 2.75) is 84.0 Å². The molecule has 2 N–H and O–H groups in total. The fourth-order valence-electron chi connectivity index (χ4n) is 3.45. The molecule has 13 heteroatoms. The van der Waals surface area contributed by atoms with E-state index in [1.165, 1.54) is 6.92 Å². The molecule has 1 heterocycles. The molecule has 1 saturated heterocycles. The van der Waals surface area contributed by atoms with Crippen LogP contribution in [0.2, 0.25) is 0 Å². The molecule has 1 amide bonds. The van der Waals surface area contributed by atoms with Crippen molar-refractivity contribution >= 4 is 35.8 Å². The second-order valence-electron chi connectivity index (χ2n) is 7.72. The number of ether oxygens (including phenoxy) is 5. The lowest BCUT2D eigenvalue weighted by Crippen LogP contribution is -2.68. The van der Waals surface area contributed by atoms with Gasteiger partial charge in [-0.05, 0) is 6.92 Å². The van der Waals surface area contributed by atoms with E-state index in [2.05, 4.69) is 5.32 Å². The Balaban J connectivity index is 3.60. The molecule has 6 atom stereocenters. The van der Waals surface area contributed by atoms with Gasteiger partial charge in [0.05, 0.1) is 6.04 Å². The Kier molecular flexibility index (Phi) is 9.77. The van der Waals surface area contributed by atoms with Crippen LogP contribution in [0, 0.1) is 0 Å². The summed E-state index contributed by atoms with van der Waals surface area (Å²) < 4.78 is 26.4. The minimum atomic E-state index is -1.94. The van der Waals surface area contributed by atoms with Crippen LogP contribution in [0.5, 0.6) is 0 Å². The number of carbonyl (C=O) groups excluding carboxylic acids is 5. The van der Waals surface area contributed by atoms with Crippen LogP contribution in [0.15, 0.2) is 0 Å². The van der Waals surface area contributed by atoms with Crippen molar-refractivity contribution in [1.29, 1.82) is 0 Å². The predicted molar refractivity (Wildman–Crippen MR) is 106 cm³/mol. The molecule has 0 spiro atoms. The van der Waals surface area contributed by atoms with Gasteiger partial charge in [-0.25, -0.2) is 4.79 Å². The molecular formula is C20H29NO12. The average Bonchev–Trinajstić information content (AvgIpc) is 2.64. The molecule has 0 radical (unpaired) electrons.